The Balaban J connectivity index is 1.83. The molecular formula is C17H22N4O2S. The van der Waals surface area contributed by atoms with Crippen molar-refractivity contribution < 1.29 is 9.59 Å². The standard InChI is InChI=1S/C17H22N4O2S/c1-12(2)16(23)20-17-19-14(11-24-17)10-15(22)21(3)9-7-13-6-4-5-8-18-13/h4-6,8,11-12H,7,9-10H2,1-3H3,(H,19,20,23). The Morgan fingerprint density at radius 1 is 1.29 bits per heavy atom. The molecule has 7 heteroatoms. The minimum Gasteiger partial charge on any atom is -0.345 e. The quantitative estimate of drug-likeness (QED) is 0.835. The van der Waals surface area contributed by atoms with Crippen molar-refractivity contribution in [2.75, 3.05) is 18.9 Å². The topological polar surface area (TPSA) is 75.2 Å². The zero-order valence-electron chi connectivity index (χ0n) is 14.2. The molecule has 128 valence electrons. The summed E-state index contributed by atoms with van der Waals surface area (Å²) in [6.07, 6.45) is 2.70. The van der Waals surface area contributed by atoms with Crippen molar-refractivity contribution in [3.8, 4) is 0 Å². The first kappa shape index (κ1) is 18.1. The summed E-state index contributed by atoms with van der Waals surface area (Å²) < 4.78 is 0. The summed E-state index contributed by atoms with van der Waals surface area (Å²) in [5.41, 5.74) is 1.64. The highest BCUT2D eigenvalue weighted by Gasteiger charge is 2.14. The van der Waals surface area contributed by atoms with E-state index in [9.17, 15) is 9.59 Å². The van der Waals surface area contributed by atoms with E-state index in [4.69, 9.17) is 0 Å². The summed E-state index contributed by atoms with van der Waals surface area (Å²) >= 11 is 1.34. The predicted octanol–water partition coefficient (Wildman–Crippen LogP) is 2.38. The maximum atomic E-state index is 12.3. The van der Waals surface area contributed by atoms with Crippen molar-refractivity contribution in [3.05, 3.63) is 41.2 Å². The van der Waals surface area contributed by atoms with Gasteiger partial charge in [-0.05, 0) is 12.1 Å². The van der Waals surface area contributed by atoms with Crippen LogP contribution in [0.1, 0.15) is 25.2 Å². The van der Waals surface area contributed by atoms with Crippen LogP contribution >= 0.6 is 11.3 Å². The molecule has 0 fully saturated rings. The Hall–Kier alpha value is -2.28. The van der Waals surface area contributed by atoms with Crippen molar-refractivity contribution in [1.82, 2.24) is 14.9 Å². The molecule has 0 spiro atoms. The van der Waals surface area contributed by atoms with Crippen LogP contribution in [-0.2, 0) is 22.4 Å². The molecule has 24 heavy (non-hydrogen) atoms. The molecule has 1 N–H and O–H groups in total. The molecule has 6 nitrogen and oxygen atoms in total. The first-order valence-corrected chi connectivity index (χ1v) is 8.73. The number of amides is 2. The monoisotopic (exact) mass is 346 g/mol. The highest BCUT2D eigenvalue weighted by Crippen LogP contribution is 2.17. The van der Waals surface area contributed by atoms with E-state index >= 15 is 0 Å². The molecule has 0 aliphatic heterocycles. The van der Waals surface area contributed by atoms with Gasteiger partial charge in [0.1, 0.15) is 0 Å². The Labute approximate surface area is 145 Å². The number of aromatic nitrogens is 2. The average molecular weight is 346 g/mol. The van der Waals surface area contributed by atoms with Crippen LogP contribution in [-0.4, -0.2) is 40.3 Å². The zero-order valence-corrected chi connectivity index (χ0v) is 15.0. The molecule has 2 heterocycles. The molecule has 2 rings (SSSR count). The second kappa shape index (κ2) is 8.54. The Kier molecular flexibility index (Phi) is 6.43. The SMILES string of the molecule is CC(C)C(=O)Nc1nc(CC(=O)N(C)CCc2ccccn2)cs1. The van der Waals surface area contributed by atoms with E-state index in [1.54, 1.807) is 23.5 Å². The van der Waals surface area contributed by atoms with Crippen LogP contribution in [0.15, 0.2) is 29.8 Å². The van der Waals surface area contributed by atoms with E-state index < -0.39 is 0 Å². The maximum Gasteiger partial charge on any atom is 0.228 e. The number of pyridine rings is 1. The number of likely N-dealkylation sites (N-methyl/N-ethyl adjacent to an activating group) is 1. The number of hydrogen-bond acceptors (Lipinski definition) is 5. The Bertz CT molecular complexity index is 685. The predicted molar refractivity (Wildman–Crippen MR) is 94.9 cm³/mol. The lowest BCUT2D eigenvalue weighted by Gasteiger charge is -2.16. The highest BCUT2D eigenvalue weighted by atomic mass is 32.1. The van der Waals surface area contributed by atoms with E-state index in [-0.39, 0.29) is 24.2 Å². The molecule has 0 unspecified atom stereocenters. The number of thiazole rings is 1. The number of anilines is 1. The van der Waals surface area contributed by atoms with Crippen LogP contribution in [0.5, 0.6) is 0 Å². The first-order valence-electron chi connectivity index (χ1n) is 7.85. The smallest absolute Gasteiger partial charge is 0.228 e. The summed E-state index contributed by atoms with van der Waals surface area (Å²) in [7, 11) is 1.78. The molecule has 0 saturated heterocycles. The lowest BCUT2D eigenvalue weighted by molar-refractivity contribution is -0.129. The van der Waals surface area contributed by atoms with Crippen LogP contribution in [0.25, 0.3) is 0 Å². The number of carbonyl (C=O) groups is 2. The van der Waals surface area contributed by atoms with Gasteiger partial charge in [0.15, 0.2) is 5.13 Å². The van der Waals surface area contributed by atoms with Crippen molar-refractivity contribution in [2.45, 2.75) is 26.7 Å². The van der Waals surface area contributed by atoms with Gasteiger partial charge in [-0.15, -0.1) is 11.3 Å². The molecule has 0 aromatic carbocycles. The summed E-state index contributed by atoms with van der Waals surface area (Å²) in [5, 5.41) is 5.09. The van der Waals surface area contributed by atoms with Crippen molar-refractivity contribution in [1.29, 1.82) is 0 Å². The summed E-state index contributed by atoms with van der Waals surface area (Å²) in [5.74, 6) is -0.176. The summed E-state index contributed by atoms with van der Waals surface area (Å²) in [6, 6.07) is 5.76. The molecule has 0 atom stereocenters. The Morgan fingerprint density at radius 3 is 2.75 bits per heavy atom. The minimum absolute atomic E-state index is 0.00188. The molecule has 2 amide bonds. The van der Waals surface area contributed by atoms with Gasteiger partial charge >= 0.3 is 0 Å². The highest BCUT2D eigenvalue weighted by molar-refractivity contribution is 7.13. The van der Waals surface area contributed by atoms with Gasteiger partial charge in [-0.25, -0.2) is 4.98 Å². The van der Waals surface area contributed by atoms with Gasteiger partial charge in [-0.3, -0.25) is 14.6 Å². The van der Waals surface area contributed by atoms with Gasteiger partial charge in [0, 0.05) is 43.2 Å². The number of carbonyl (C=O) groups excluding carboxylic acids is 2. The molecule has 0 aliphatic carbocycles. The van der Waals surface area contributed by atoms with Gasteiger partial charge in [0.2, 0.25) is 11.8 Å². The second-order valence-corrected chi connectivity index (χ2v) is 6.71. The van der Waals surface area contributed by atoms with E-state index in [1.165, 1.54) is 11.3 Å². The van der Waals surface area contributed by atoms with Gasteiger partial charge in [-0.1, -0.05) is 19.9 Å². The van der Waals surface area contributed by atoms with E-state index in [1.807, 2.05) is 32.0 Å². The number of hydrogen-bond donors (Lipinski definition) is 1. The summed E-state index contributed by atoms with van der Waals surface area (Å²) in [4.78, 5) is 34.1. The molecular weight excluding hydrogens is 324 g/mol. The van der Waals surface area contributed by atoms with Crippen molar-refractivity contribution in [2.24, 2.45) is 5.92 Å². The van der Waals surface area contributed by atoms with E-state index in [0.717, 1.165) is 12.1 Å². The Morgan fingerprint density at radius 2 is 2.08 bits per heavy atom. The molecule has 0 aliphatic rings. The van der Waals surface area contributed by atoms with E-state index in [2.05, 4.69) is 15.3 Å². The van der Waals surface area contributed by atoms with Crippen LogP contribution in [0, 0.1) is 5.92 Å². The number of rotatable bonds is 7. The third kappa shape index (κ3) is 5.42. The molecule has 2 aromatic heterocycles. The third-order valence-electron chi connectivity index (χ3n) is 3.49. The fourth-order valence-corrected chi connectivity index (χ4v) is 2.65. The van der Waals surface area contributed by atoms with Crippen LogP contribution < -0.4 is 5.32 Å². The zero-order chi connectivity index (χ0) is 17.5. The fourth-order valence-electron chi connectivity index (χ4n) is 1.94. The van der Waals surface area contributed by atoms with Crippen LogP contribution in [0.2, 0.25) is 0 Å². The number of nitrogens with zero attached hydrogens (tertiary/aromatic N) is 3. The lowest BCUT2D eigenvalue weighted by atomic mass is 10.2. The second-order valence-electron chi connectivity index (χ2n) is 5.85. The van der Waals surface area contributed by atoms with Crippen molar-refractivity contribution in [3.63, 3.8) is 0 Å². The van der Waals surface area contributed by atoms with Gasteiger partial charge in [0.25, 0.3) is 0 Å². The molecule has 0 bridgehead atoms. The average Bonchev–Trinajstić information content (AvgIpc) is 3.00. The first-order chi connectivity index (χ1) is 11.5. The van der Waals surface area contributed by atoms with E-state index in [0.29, 0.717) is 17.4 Å². The third-order valence-corrected chi connectivity index (χ3v) is 4.30. The maximum absolute atomic E-state index is 12.3. The fraction of sp³-hybridized carbons (Fsp3) is 0.412. The molecule has 0 saturated carbocycles. The molecule has 0 radical (unpaired) electrons. The lowest BCUT2D eigenvalue weighted by Crippen LogP contribution is -2.30. The van der Waals surface area contributed by atoms with Crippen LogP contribution in [0.3, 0.4) is 0 Å². The summed E-state index contributed by atoms with van der Waals surface area (Å²) in [6.45, 7) is 4.25. The van der Waals surface area contributed by atoms with Crippen molar-refractivity contribution >= 4 is 28.3 Å². The van der Waals surface area contributed by atoms with Gasteiger partial charge < -0.3 is 10.2 Å². The normalized spacial score (nSPS) is 10.7. The largest absolute Gasteiger partial charge is 0.345 e. The van der Waals surface area contributed by atoms with Gasteiger partial charge in [-0.2, -0.15) is 0 Å². The van der Waals surface area contributed by atoms with Gasteiger partial charge in [0.05, 0.1) is 12.1 Å². The minimum atomic E-state index is -0.100. The molecule has 2 aromatic rings. The van der Waals surface area contributed by atoms with Crippen LogP contribution in [0.4, 0.5) is 5.13 Å². The number of nitrogens with one attached hydrogen (secondary N) is 1.